The lowest BCUT2D eigenvalue weighted by Crippen LogP contribution is -2.41. The van der Waals surface area contributed by atoms with E-state index in [-0.39, 0.29) is 12.8 Å². The van der Waals surface area contributed by atoms with Crippen molar-refractivity contribution in [2.45, 2.75) is 18.8 Å². The predicted octanol–water partition coefficient (Wildman–Crippen LogP) is 2.38. The molecule has 0 aliphatic carbocycles. The van der Waals surface area contributed by atoms with E-state index in [0.29, 0.717) is 31.9 Å². The molecular weight excluding hydrogens is 238 g/mol. The number of piperidine rings is 1. The Morgan fingerprint density at radius 2 is 1.78 bits per heavy atom. The number of halogens is 2. The van der Waals surface area contributed by atoms with E-state index in [0.717, 1.165) is 5.75 Å². The molecule has 1 aliphatic heterocycles. The van der Waals surface area contributed by atoms with Crippen LogP contribution >= 0.6 is 0 Å². The number of anilines is 1. The van der Waals surface area contributed by atoms with Gasteiger partial charge in [0.1, 0.15) is 12.4 Å². The van der Waals surface area contributed by atoms with Crippen molar-refractivity contribution in [3.8, 4) is 5.75 Å². The number of alkyl halides is 2. The van der Waals surface area contributed by atoms with Crippen LogP contribution in [0, 0.1) is 0 Å². The monoisotopic (exact) mass is 256 g/mol. The fraction of sp³-hybridized carbons (Fsp3) is 0.538. The highest BCUT2D eigenvalue weighted by atomic mass is 19.3. The van der Waals surface area contributed by atoms with E-state index in [9.17, 15) is 8.78 Å². The molecule has 0 spiro atoms. The SMILES string of the molecule is Nc1ccc(OCCN2CCC(F)(F)CC2)cc1. The topological polar surface area (TPSA) is 38.5 Å². The Hall–Kier alpha value is -1.36. The third kappa shape index (κ3) is 3.84. The molecule has 1 heterocycles. The minimum absolute atomic E-state index is 0.0468. The summed E-state index contributed by atoms with van der Waals surface area (Å²) in [6, 6.07) is 7.16. The number of likely N-dealkylation sites (tertiary alicyclic amines) is 1. The van der Waals surface area contributed by atoms with Crippen molar-refractivity contribution in [1.82, 2.24) is 4.90 Å². The molecule has 100 valence electrons. The molecule has 0 radical (unpaired) electrons. The second-order valence-corrected chi connectivity index (χ2v) is 4.62. The van der Waals surface area contributed by atoms with Crippen LogP contribution in [-0.2, 0) is 0 Å². The Kier molecular flexibility index (Phi) is 4.01. The highest BCUT2D eigenvalue weighted by molar-refractivity contribution is 5.41. The van der Waals surface area contributed by atoms with Gasteiger partial charge in [0.2, 0.25) is 0 Å². The van der Waals surface area contributed by atoms with Crippen LogP contribution < -0.4 is 10.5 Å². The van der Waals surface area contributed by atoms with Crippen molar-refractivity contribution >= 4 is 5.69 Å². The summed E-state index contributed by atoms with van der Waals surface area (Å²) in [5, 5.41) is 0. The first-order valence-corrected chi connectivity index (χ1v) is 6.14. The molecule has 18 heavy (non-hydrogen) atoms. The average Bonchev–Trinajstić information content (AvgIpc) is 2.34. The van der Waals surface area contributed by atoms with E-state index in [4.69, 9.17) is 10.5 Å². The molecule has 1 aliphatic rings. The fourth-order valence-corrected chi connectivity index (χ4v) is 1.96. The molecule has 2 N–H and O–H groups in total. The molecule has 1 aromatic rings. The van der Waals surface area contributed by atoms with Gasteiger partial charge in [0.25, 0.3) is 5.92 Å². The highest BCUT2D eigenvalue weighted by Crippen LogP contribution is 2.27. The Bertz CT molecular complexity index is 371. The molecule has 3 nitrogen and oxygen atoms in total. The van der Waals surface area contributed by atoms with Crippen molar-refractivity contribution in [1.29, 1.82) is 0 Å². The maximum absolute atomic E-state index is 12.9. The summed E-state index contributed by atoms with van der Waals surface area (Å²) < 4.78 is 31.4. The molecule has 1 aromatic carbocycles. The molecular formula is C13H18F2N2O. The van der Waals surface area contributed by atoms with Crippen molar-refractivity contribution < 1.29 is 13.5 Å². The Labute approximate surface area is 106 Å². The second-order valence-electron chi connectivity index (χ2n) is 4.62. The Morgan fingerprint density at radius 1 is 1.17 bits per heavy atom. The fourth-order valence-electron chi connectivity index (χ4n) is 1.96. The summed E-state index contributed by atoms with van der Waals surface area (Å²) in [7, 11) is 0. The summed E-state index contributed by atoms with van der Waals surface area (Å²) in [5.41, 5.74) is 6.26. The Balaban J connectivity index is 1.68. The molecule has 1 fully saturated rings. The van der Waals surface area contributed by atoms with Crippen LogP contribution in [0.3, 0.4) is 0 Å². The Morgan fingerprint density at radius 3 is 2.39 bits per heavy atom. The molecule has 2 rings (SSSR count). The summed E-state index contributed by atoms with van der Waals surface area (Å²) in [6.07, 6.45) is -0.0935. The molecule has 0 saturated carbocycles. The largest absolute Gasteiger partial charge is 0.492 e. The van der Waals surface area contributed by atoms with Crippen molar-refractivity contribution in [3.63, 3.8) is 0 Å². The van der Waals surface area contributed by atoms with Gasteiger partial charge in [-0.1, -0.05) is 0 Å². The van der Waals surface area contributed by atoms with Crippen molar-refractivity contribution in [2.75, 3.05) is 32.0 Å². The van der Waals surface area contributed by atoms with Gasteiger partial charge in [0.15, 0.2) is 0 Å². The van der Waals surface area contributed by atoms with Gasteiger partial charge in [-0.15, -0.1) is 0 Å². The van der Waals surface area contributed by atoms with Gasteiger partial charge in [-0.3, -0.25) is 4.90 Å². The number of nitrogens with zero attached hydrogens (tertiary/aromatic N) is 1. The third-order valence-corrected chi connectivity index (χ3v) is 3.14. The maximum atomic E-state index is 12.9. The molecule has 0 amide bonds. The van der Waals surface area contributed by atoms with Crippen molar-refractivity contribution in [2.24, 2.45) is 0 Å². The van der Waals surface area contributed by atoms with Crippen LogP contribution in [0.2, 0.25) is 0 Å². The van der Waals surface area contributed by atoms with Gasteiger partial charge in [0.05, 0.1) is 0 Å². The van der Waals surface area contributed by atoms with E-state index in [1.165, 1.54) is 0 Å². The summed E-state index contributed by atoms with van der Waals surface area (Å²) >= 11 is 0. The van der Waals surface area contributed by atoms with Crippen LogP contribution in [-0.4, -0.2) is 37.1 Å². The summed E-state index contributed by atoms with van der Waals surface area (Å²) in [6.45, 7) is 2.08. The van der Waals surface area contributed by atoms with Gasteiger partial charge in [-0.05, 0) is 24.3 Å². The number of nitrogens with two attached hydrogens (primary N) is 1. The van der Waals surface area contributed by atoms with Gasteiger partial charge in [-0.2, -0.15) is 0 Å². The zero-order valence-corrected chi connectivity index (χ0v) is 10.2. The van der Waals surface area contributed by atoms with Crippen molar-refractivity contribution in [3.05, 3.63) is 24.3 Å². The number of hydrogen-bond donors (Lipinski definition) is 1. The number of benzene rings is 1. The van der Waals surface area contributed by atoms with Crippen LogP contribution in [0.25, 0.3) is 0 Å². The number of nitrogen functional groups attached to an aromatic ring is 1. The first kappa shape index (κ1) is 13.1. The third-order valence-electron chi connectivity index (χ3n) is 3.14. The first-order chi connectivity index (χ1) is 8.55. The summed E-state index contributed by atoms with van der Waals surface area (Å²) in [4.78, 5) is 2.01. The molecule has 0 bridgehead atoms. The van der Waals surface area contributed by atoms with Gasteiger partial charge < -0.3 is 10.5 Å². The number of rotatable bonds is 4. The van der Waals surface area contributed by atoms with Crippen LogP contribution in [0.1, 0.15) is 12.8 Å². The second kappa shape index (κ2) is 5.52. The van der Waals surface area contributed by atoms with Crippen LogP contribution in [0.5, 0.6) is 5.75 Å². The minimum atomic E-state index is -2.48. The first-order valence-electron chi connectivity index (χ1n) is 6.14. The van der Waals surface area contributed by atoms with E-state index in [2.05, 4.69) is 0 Å². The highest BCUT2D eigenvalue weighted by Gasteiger charge is 2.33. The van der Waals surface area contributed by atoms with E-state index in [1.807, 2.05) is 4.90 Å². The molecule has 0 atom stereocenters. The minimum Gasteiger partial charge on any atom is -0.492 e. The smallest absolute Gasteiger partial charge is 0.250 e. The van der Waals surface area contributed by atoms with Gasteiger partial charge in [-0.25, -0.2) is 8.78 Å². The number of hydrogen-bond acceptors (Lipinski definition) is 3. The standard InChI is InChI=1S/C13H18F2N2O/c14-13(15)5-7-17(8-6-13)9-10-18-12-3-1-11(16)2-4-12/h1-4H,5-10,16H2. The molecule has 0 unspecified atom stereocenters. The summed E-state index contributed by atoms with van der Waals surface area (Å²) in [5.74, 6) is -1.72. The lowest BCUT2D eigenvalue weighted by atomic mass is 10.1. The quantitative estimate of drug-likeness (QED) is 0.841. The predicted molar refractivity (Wildman–Crippen MR) is 67.0 cm³/mol. The van der Waals surface area contributed by atoms with Crippen LogP contribution in [0.4, 0.5) is 14.5 Å². The zero-order chi connectivity index (χ0) is 13.0. The molecule has 5 heteroatoms. The average molecular weight is 256 g/mol. The van der Waals surface area contributed by atoms with E-state index < -0.39 is 5.92 Å². The van der Waals surface area contributed by atoms with E-state index >= 15 is 0 Å². The van der Waals surface area contributed by atoms with Gasteiger partial charge in [0, 0.05) is 38.2 Å². The molecule has 0 aromatic heterocycles. The molecule has 1 saturated heterocycles. The normalized spacial score (nSPS) is 19.7. The zero-order valence-electron chi connectivity index (χ0n) is 10.2. The number of ether oxygens (including phenoxy) is 1. The maximum Gasteiger partial charge on any atom is 0.250 e. The van der Waals surface area contributed by atoms with Gasteiger partial charge >= 0.3 is 0 Å². The lowest BCUT2D eigenvalue weighted by molar-refractivity contribution is -0.0564. The van der Waals surface area contributed by atoms with Crippen LogP contribution in [0.15, 0.2) is 24.3 Å². The lowest BCUT2D eigenvalue weighted by Gasteiger charge is -2.31. The van der Waals surface area contributed by atoms with E-state index in [1.54, 1.807) is 24.3 Å².